The van der Waals surface area contributed by atoms with Crippen LogP contribution in [0.5, 0.6) is 0 Å². The summed E-state index contributed by atoms with van der Waals surface area (Å²) in [6, 6.07) is 0.590. The van der Waals surface area contributed by atoms with Crippen LogP contribution in [-0.2, 0) is 9.53 Å². The van der Waals surface area contributed by atoms with E-state index in [1.165, 1.54) is 7.11 Å². The average Bonchev–Trinajstić information content (AvgIpc) is 2.31. The summed E-state index contributed by atoms with van der Waals surface area (Å²) in [5, 5.41) is 0. The standard InChI is InChI=1S/C13H25NO2/c1-6-11(13(15)16-5)9-10-14(4)12(7-2)8-3/h9,12H,6-8,10H2,1-5H3. The summed E-state index contributed by atoms with van der Waals surface area (Å²) in [5.74, 6) is -0.208. The number of likely N-dealkylation sites (N-methyl/N-ethyl adjacent to an activating group) is 1. The molecule has 0 aromatic carbocycles. The van der Waals surface area contributed by atoms with Gasteiger partial charge >= 0.3 is 5.97 Å². The van der Waals surface area contributed by atoms with Crippen LogP contribution in [0.15, 0.2) is 11.6 Å². The maximum Gasteiger partial charge on any atom is 0.333 e. The number of methoxy groups -OCH3 is 1. The van der Waals surface area contributed by atoms with E-state index in [0.29, 0.717) is 6.04 Å². The molecule has 0 heterocycles. The lowest BCUT2D eigenvalue weighted by atomic mass is 10.1. The highest BCUT2D eigenvalue weighted by molar-refractivity contribution is 5.88. The topological polar surface area (TPSA) is 29.5 Å². The maximum absolute atomic E-state index is 11.4. The predicted molar refractivity (Wildman–Crippen MR) is 67.4 cm³/mol. The van der Waals surface area contributed by atoms with Gasteiger partial charge in [0.15, 0.2) is 0 Å². The van der Waals surface area contributed by atoms with E-state index in [1.54, 1.807) is 0 Å². The minimum absolute atomic E-state index is 0.208. The van der Waals surface area contributed by atoms with Crippen molar-refractivity contribution in [3.05, 3.63) is 11.6 Å². The van der Waals surface area contributed by atoms with Crippen molar-refractivity contribution in [2.45, 2.75) is 46.1 Å². The number of carbonyl (C=O) groups is 1. The Hall–Kier alpha value is -0.830. The number of ether oxygens (including phenoxy) is 1. The van der Waals surface area contributed by atoms with Gasteiger partial charge in [0.25, 0.3) is 0 Å². The summed E-state index contributed by atoms with van der Waals surface area (Å²) in [7, 11) is 3.52. The third-order valence-electron chi connectivity index (χ3n) is 3.02. The zero-order valence-electron chi connectivity index (χ0n) is 11.2. The van der Waals surface area contributed by atoms with Crippen LogP contribution in [0, 0.1) is 0 Å². The van der Waals surface area contributed by atoms with Gasteiger partial charge in [-0.05, 0) is 26.3 Å². The molecule has 0 aromatic rings. The molecule has 0 unspecified atom stereocenters. The van der Waals surface area contributed by atoms with Gasteiger partial charge in [-0.2, -0.15) is 0 Å². The van der Waals surface area contributed by atoms with Crippen molar-refractivity contribution in [1.29, 1.82) is 0 Å². The van der Waals surface area contributed by atoms with E-state index in [4.69, 9.17) is 4.74 Å². The molecule has 3 nitrogen and oxygen atoms in total. The normalized spacial score (nSPS) is 12.3. The molecule has 0 fully saturated rings. The second-order valence-corrected chi connectivity index (χ2v) is 3.98. The van der Waals surface area contributed by atoms with E-state index in [2.05, 4.69) is 25.8 Å². The molecule has 0 rings (SSSR count). The molecule has 0 saturated carbocycles. The van der Waals surface area contributed by atoms with Crippen molar-refractivity contribution in [3.8, 4) is 0 Å². The Balaban J connectivity index is 4.37. The molecule has 0 aliphatic rings. The molecule has 0 aliphatic carbocycles. The van der Waals surface area contributed by atoms with Crippen LogP contribution in [0.1, 0.15) is 40.0 Å². The van der Waals surface area contributed by atoms with Gasteiger partial charge in [-0.1, -0.05) is 26.8 Å². The summed E-state index contributed by atoms with van der Waals surface area (Å²) >= 11 is 0. The van der Waals surface area contributed by atoms with Crippen molar-refractivity contribution < 1.29 is 9.53 Å². The number of esters is 1. The predicted octanol–water partition coefficient (Wildman–Crippen LogP) is 2.62. The average molecular weight is 227 g/mol. The fourth-order valence-corrected chi connectivity index (χ4v) is 1.82. The molecule has 3 heteroatoms. The van der Waals surface area contributed by atoms with Gasteiger partial charge in [0.2, 0.25) is 0 Å². The van der Waals surface area contributed by atoms with Crippen LogP contribution in [0.3, 0.4) is 0 Å². The van der Waals surface area contributed by atoms with Gasteiger partial charge in [0.1, 0.15) is 0 Å². The molecule has 0 N–H and O–H groups in total. The van der Waals surface area contributed by atoms with Crippen molar-refractivity contribution in [2.75, 3.05) is 20.7 Å². The highest BCUT2D eigenvalue weighted by atomic mass is 16.5. The van der Waals surface area contributed by atoms with Gasteiger partial charge < -0.3 is 4.74 Å². The summed E-state index contributed by atoms with van der Waals surface area (Å²) in [4.78, 5) is 13.6. The number of hydrogen-bond acceptors (Lipinski definition) is 3. The Kier molecular flexibility index (Phi) is 7.90. The van der Waals surface area contributed by atoms with E-state index in [1.807, 2.05) is 13.0 Å². The first-order valence-electron chi connectivity index (χ1n) is 6.08. The summed E-state index contributed by atoms with van der Waals surface area (Å²) in [6.07, 6.45) is 4.98. The smallest absolute Gasteiger partial charge is 0.333 e. The van der Waals surface area contributed by atoms with E-state index < -0.39 is 0 Å². The lowest BCUT2D eigenvalue weighted by Crippen LogP contribution is -2.31. The van der Waals surface area contributed by atoms with Gasteiger partial charge in [-0.25, -0.2) is 4.79 Å². The molecule has 94 valence electrons. The Labute approximate surface area is 99.5 Å². The molecular weight excluding hydrogens is 202 g/mol. The fraction of sp³-hybridized carbons (Fsp3) is 0.769. The molecule has 0 bridgehead atoms. The van der Waals surface area contributed by atoms with Crippen molar-refractivity contribution in [1.82, 2.24) is 4.90 Å². The largest absolute Gasteiger partial charge is 0.466 e. The van der Waals surface area contributed by atoms with Gasteiger partial charge in [-0.3, -0.25) is 4.90 Å². The van der Waals surface area contributed by atoms with E-state index in [-0.39, 0.29) is 5.97 Å². The lowest BCUT2D eigenvalue weighted by molar-refractivity contribution is -0.136. The molecule has 0 atom stereocenters. The van der Waals surface area contributed by atoms with Crippen LogP contribution in [0.25, 0.3) is 0 Å². The third kappa shape index (κ3) is 4.79. The Morgan fingerprint density at radius 2 is 1.88 bits per heavy atom. The molecule has 0 aromatic heterocycles. The van der Waals surface area contributed by atoms with Crippen LogP contribution in [0.4, 0.5) is 0 Å². The van der Waals surface area contributed by atoms with Crippen molar-refractivity contribution >= 4 is 5.97 Å². The fourth-order valence-electron chi connectivity index (χ4n) is 1.82. The zero-order chi connectivity index (χ0) is 12.6. The molecular formula is C13H25NO2. The summed E-state index contributed by atoms with van der Waals surface area (Å²) < 4.78 is 4.72. The Bertz CT molecular complexity index is 232. The van der Waals surface area contributed by atoms with E-state index in [9.17, 15) is 4.79 Å². The minimum atomic E-state index is -0.208. The highest BCUT2D eigenvalue weighted by Crippen LogP contribution is 2.08. The quantitative estimate of drug-likeness (QED) is 0.494. The second kappa shape index (κ2) is 8.34. The monoisotopic (exact) mass is 227 g/mol. The zero-order valence-corrected chi connectivity index (χ0v) is 11.2. The first kappa shape index (κ1) is 15.2. The lowest BCUT2D eigenvalue weighted by Gasteiger charge is -2.24. The van der Waals surface area contributed by atoms with Crippen LogP contribution >= 0.6 is 0 Å². The molecule has 0 spiro atoms. The van der Waals surface area contributed by atoms with Crippen LogP contribution in [-0.4, -0.2) is 37.6 Å². The molecule has 16 heavy (non-hydrogen) atoms. The van der Waals surface area contributed by atoms with E-state index >= 15 is 0 Å². The van der Waals surface area contributed by atoms with Crippen molar-refractivity contribution in [3.63, 3.8) is 0 Å². The number of rotatable bonds is 7. The highest BCUT2D eigenvalue weighted by Gasteiger charge is 2.11. The summed E-state index contributed by atoms with van der Waals surface area (Å²) in [5.41, 5.74) is 0.764. The molecule has 0 radical (unpaired) electrons. The van der Waals surface area contributed by atoms with Crippen LogP contribution in [0.2, 0.25) is 0 Å². The van der Waals surface area contributed by atoms with Gasteiger partial charge in [-0.15, -0.1) is 0 Å². The Morgan fingerprint density at radius 3 is 2.25 bits per heavy atom. The van der Waals surface area contributed by atoms with Crippen LogP contribution < -0.4 is 0 Å². The molecule has 0 saturated heterocycles. The van der Waals surface area contributed by atoms with Crippen molar-refractivity contribution in [2.24, 2.45) is 0 Å². The van der Waals surface area contributed by atoms with Gasteiger partial charge in [0.05, 0.1) is 7.11 Å². The number of carbonyl (C=O) groups excluding carboxylic acids is 1. The minimum Gasteiger partial charge on any atom is -0.466 e. The SMILES string of the molecule is CCC(=CCN(C)C(CC)CC)C(=O)OC. The summed E-state index contributed by atoms with van der Waals surface area (Å²) in [6.45, 7) is 7.16. The third-order valence-corrected chi connectivity index (χ3v) is 3.02. The first-order chi connectivity index (χ1) is 7.60. The number of nitrogens with zero attached hydrogens (tertiary/aromatic N) is 1. The Morgan fingerprint density at radius 1 is 1.31 bits per heavy atom. The van der Waals surface area contributed by atoms with Gasteiger partial charge in [0, 0.05) is 18.2 Å². The first-order valence-corrected chi connectivity index (χ1v) is 6.08. The second-order valence-electron chi connectivity index (χ2n) is 3.98. The molecule has 0 amide bonds. The number of hydrogen-bond donors (Lipinski definition) is 0. The maximum atomic E-state index is 11.4. The molecule has 0 aliphatic heterocycles. The van der Waals surface area contributed by atoms with E-state index in [0.717, 1.165) is 31.4 Å².